The van der Waals surface area contributed by atoms with E-state index in [1.54, 1.807) is 0 Å². The first kappa shape index (κ1) is 16.5. The summed E-state index contributed by atoms with van der Waals surface area (Å²) < 4.78 is 0. The maximum Gasteiger partial charge on any atom is 0.222 e. The van der Waals surface area contributed by atoms with Gasteiger partial charge in [0.15, 0.2) is 0 Å². The maximum absolute atomic E-state index is 12.5. The molecule has 1 N–H and O–H groups in total. The second-order valence-corrected chi connectivity index (χ2v) is 6.74. The number of amides is 1. The zero-order valence-corrected chi connectivity index (χ0v) is 14.3. The Balaban J connectivity index is 1.45. The van der Waals surface area contributed by atoms with E-state index < -0.39 is 0 Å². The summed E-state index contributed by atoms with van der Waals surface area (Å²) >= 11 is 0. The van der Waals surface area contributed by atoms with Gasteiger partial charge in [-0.05, 0) is 30.4 Å². The van der Waals surface area contributed by atoms with Gasteiger partial charge in [-0.2, -0.15) is 0 Å². The monoisotopic (exact) mass is 315 g/mol. The van der Waals surface area contributed by atoms with Crippen LogP contribution in [0.25, 0.3) is 0 Å². The lowest BCUT2D eigenvalue weighted by atomic mass is 10.1. The zero-order chi connectivity index (χ0) is 16.1. The predicted octanol–water partition coefficient (Wildman–Crippen LogP) is 1.69. The topological polar surface area (TPSA) is 35.6 Å². The smallest absolute Gasteiger partial charge is 0.222 e. The zero-order valence-electron chi connectivity index (χ0n) is 14.3. The molecule has 0 radical (unpaired) electrons. The number of carbonyl (C=O) groups excluding carboxylic acids is 1. The Labute approximate surface area is 139 Å². The fraction of sp³-hybridized carbons (Fsp3) is 0.632. The van der Waals surface area contributed by atoms with Gasteiger partial charge in [-0.15, -0.1) is 0 Å². The predicted molar refractivity (Wildman–Crippen MR) is 93.6 cm³/mol. The second-order valence-electron chi connectivity index (χ2n) is 6.74. The average molecular weight is 315 g/mol. The summed E-state index contributed by atoms with van der Waals surface area (Å²) in [6, 6.07) is 9.26. The van der Waals surface area contributed by atoms with Gasteiger partial charge in [-0.25, -0.2) is 0 Å². The van der Waals surface area contributed by atoms with E-state index in [1.807, 2.05) is 0 Å². The molecule has 4 nitrogen and oxygen atoms in total. The highest BCUT2D eigenvalue weighted by Crippen LogP contribution is 2.18. The molecule has 2 heterocycles. The van der Waals surface area contributed by atoms with E-state index in [2.05, 4.69) is 46.3 Å². The number of nitrogens with one attached hydrogen (secondary N) is 1. The van der Waals surface area contributed by atoms with Gasteiger partial charge in [-0.1, -0.05) is 31.2 Å². The van der Waals surface area contributed by atoms with Crippen LogP contribution in [0, 0.1) is 0 Å². The van der Waals surface area contributed by atoms with Crippen molar-refractivity contribution in [2.45, 2.75) is 38.6 Å². The van der Waals surface area contributed by atoms with Crippen molar-refractivity contribution in [3.05, 3.63) is 35.4 Å². The first-order chi connectivity index (χ1) is 11.3. The Bertz CT molecular complexity index is 508. The Hall–Kier alpha value is -1.39. The quantitative estimate of drug-likeness (QED) is 0.898. The third-order valence-corrected chi connectivity index (χ3v) is 5.24. The van der Waals surface area contributed by atoms with Crippen molar-refractivity contribution < 1.29 is 4.79 Å². The van der Waals surface area contributed by atoms with E-state index in [0.717, 1.165) is 58.5 Å². The molecule has 2 saturated heterocycles. The lowest BCUT2D eigenvalue weighted by Gasteiger charge is -2.32. The molecule has 4 heteroatoms. The number of likely N-dealkylation sites (tertiary alicyclic amines) is 1. The SMILES string of the molecule is CCc1ccc(CCC(=O)N2CCC(N3CCNCC3)C2)cc1. The van der Waals surface area contributed by atoms with Crippen molar-refractivity contribution >= 4 is 5.91 Å². The molecule has 0 bridgehead atoms. The molecule has 0 aromatic heterocycles. The molecule has 1 amide bonds. The van der Waals surface area contributed by atoms with Crippen molar-refractivity contribution in [2.75, 3.05) is 39.3 Å². The van der Waals surface area contributed by atoms with Crippen LogP contribution in [0.3, 0.4) is 0 Å². The minimum absolute atomic E-state index is 0.321. The van der Waals surface area contributed by atoms with Gasteiger partial charge < -0.3 is 10.2 Å². The largest absolute Gasteiger partial charge is 0.341 e. The van der Waals surface area contributed by atoms with Crippen LogP contribution < -0.4 is 5.32 Å². The third-order valence-electron chi connectivity index (χ3n) is 5.24. The van der Waals surface area contributed by atoms with E-state index >= 15 is 0 Å². The minimum Gasteiger partial charge on any atom is -0.341 e. The van der Waals surface area contributed by atoms with Gasteiger partial charge >= 0.3 is 0 Å². The number of benzene rings is 1. The fourth-order valence-corrected chi connectivity index (χ4v) is 3.66. The highest BCUT2D eigenvalue weighted by Gasteiger charge is 2.30. The molecule has 126 valence electrons. The standard InChI is InChI=1S/C19H29N3O/c1-2-16-3-5-17(6-4-16)7-8-19(23)22-12-9-18(15-22)21-13-10-20-11-14-21/h3-6,18,20H,2,7-15H2,1H3. The summed E-state index contributed by atoms with van der Waals surface area (Å²) in [6.45, 7) is 8.43. The summed E-state index contributed by atoms with van der Waals surface area (Å²) in [5.41, 5.74) is 2.63. The molecule has 3 rings (SSSR count). The van der Waals surface area contributed by atoms with Gasteiger partial charge in [0.2, 0.25) is 5.91 Å². The van der Waals surface area contributed by atoms with Gasteiger partial charge in [0.05, 0.1) is 0 Å². The number of hydrogen-bond donors (Lipinski definition) is 1. The van der Waals surface area contributed by atoms with Crippen molar-refractivity contribution in [3.63, 3.8) is 0 Å². The summed E-state index contributed by atoms with van der Waals surface area (Å²) in [7, 11) is 0. The molecule has 2 aliphatic rings. The number of nitrogens with zero attached hydrogens (tertiary/aromatic N) is 2. The third kappa shape index (κ3) is 4.33. The lowest BCUT2D eigenvalue weighted by Crippen LogP contribution is -2.49. The molecule has 1 aromatic rings. The van der Waals surface area contributed by atoms with Crippen molar-refractivity contribution in [2.24, 2.45) is 0 Å². The van der Waals surface area contributed by atoms with Crippen LogP contribution in [0.2, 0.25) is 0 Å². The molecule has 1 atom stereocenters. The molecular formula is C19H29N3O. The summed E-state index contributed by atoms with van der Waals surface area (Å²) in [4.78, 5) is 17.1. The first-order valence-electron chi connectivity index (χ1n) is 9.06. The maximum atomic E-state index is 12.5. The van der Waals surface area contributed by atoms with Crippen LogP contribution in [0.5, 0.6) is 0 Å². The van der Waals surface area contributed by atoms with E-state index in [-0.39, 0.29) is 0 Å². The summed E-state index contributed by atoms with van der Waals surface area (Å²) in [5.74, 6) is 0.321. The number of piperazine rings is 1. The van der Waals surface area contributed by atoms with Crippen molar-refractivity contribution in [3.8, 4) is 0 Å². The van der Waals surface area contributed by atoms with Crippen LogP contribution in [0.4, 0.5) is 0 Å². The molecule has 1 unspecified atom stereocenters. The van der Waals surface area contributed by atoms with Crippen molar-refractivity contribution in [1.82, 2.24) is 15.1 Å². The normalized spacial score (nSPS) is 22.5. The molecule has 0 saturated carbocycles. The van der Waals surface area contributed by atoms with E-state index in [4.69, 9.17) is 0 Å². The molecule has 1 aromatic carbocycles. The highest BCUT2D eigenvalue weighted by atomic mass is 16.2. The molecule has 2 fully saturated rings. The van der Waals surface area contributed by atoms with E-state index in [9.17, 15) is 4.79 Å². The summed E-state index contributed by atoms with van der Waals surface area (Å²) in [6.07, 6.45) is 3.70. The first-order valence-corrected chi connectivity index (χ1v) is 9.06. The Morgan fingerprint density at radius 3 is 2.52 bits per heavy atom. The van der Waals surface area contributed by atoms with Crippen LogP contribution in [0.1, 0.15) is 30.9 Å². The minimum atomic E-state index is 0.321. The van der Waals surface area contributed by atoms with Crippen molar-refractivity contribution in [1.29, 1.82) is 0 Å². The Morgan fingerprint density at radius 2 is 1.83 bits per heavy atom. The van der Waals surface area contributed by atoms with Crippen LogP contribution >= 0.6 is 0 Å². The fourth-order valence-electron chi connectivity index (χ4n) is 3.66. The molecule has 0 aliphatic carbocycles. The summed E-state index contributed by atoms with van der Waals surface area (Å²) in [5, 5.41) is 3.40. The van der Waals surface area contributed by atoms with Gasteiger partial charge in [0.1, 0.15) is 0 Å². The van der Waals surface area contributed by atoms with E-state index in [1.165, 1.54) is 11.1 Å². The average Bonchev–Trinajstić information content (AvgIpc) is 3.11. The highest BCUT2D eigenvalue weighted by molar-refractivity contribution is 5.76. The van der Waals surface area contributed by atoms with Crippen LogP contribution in [-0.2, 0) is 17.6 Å². The van der Waals surface area contributed by atoms with Crippen LogP contribution in [0.15, 0.2) is 24.3 Å². The van der Waals surface area contributed by atoms with Gasteiger partial charge in [-0.3, -0.25) is 9.69 Å². The Kier molecular flexibility index (Phi) is 5.68. The molecule has 0 spiro atoms. The Morgan fingerprint density at radius 1 is 1.13 bits per heavy atom. The molecule has 23 heavy (non-hydrogen) atoms. The van der Waals surface area contributed by atoms with Crippen LogP contribution in [-0.4, -0.2) is 61.0 Å². The van der Waals surface area contributed by atoms with E-state index in [0.29, 0.717) is 18.4 Å². The lowest BCUT2D eigenvalue weighted by molar-refractivity contribution is -0.130. The second kappa shape index (κ2) is 7.93. The van der Waals surface area contributed by atoms with Gasteiger partial charge in [0.25, 0.3) is 0 Å². The number of rotatable bonds is 5. The molecular weight excluding hydrogens is 286 g/mol. The molecule has 2 aliphatic heterocycles. The number of aryl methyl sites for hydroxylation is 2. The van der Waals surface area contributed by atoms with Gasteiger partial charge in [0, 0.05) is 51.7 Å². The number of hydrogen-bond acceptors (Lipinski definition) is 3. The number of carbonyl (C=O) groups is 1.